The summed E-state index contributed by atoms with van der Waals surface area (Å²) in [4.78, 5) is 9.49. The standard InChI is InChI=1S/C39H35N4O.Pt/c1-39(2,3)27-21-22-40-38(23-27)43-34-16-7-6-15-32(34)33-20-19-31(25-37(33)43)44-30-14-10-13-29(24-30)42-26-41(28-11-4-5-12-28)35-17-8-9-18-36(35)42;/h6-10,13-23,26,28H,4-5,11-12H2,1-3H3;/q-3;. The molecule has 1 saturated carbocycles. The fourth-order valence-electron chi connectivity index (χ4n) is 6.73. The maximum Gasteiger partial charge on any atom is 0.135 e. The smallest absolute Gasteiger partial charge is 0.135 e. The summed E-state index contributed by atoms with van der Waals surface area (Å²) < 4.78 is 8.66. The molecule has 3 heterocycles. The van der Waals surface area contributed by atoms with Crippen molar-refractivity contribution < 1.29 is 25.8 Å². The minimum Gasteiger partial charge on any atom is -0.509 e. The minimum atomic E-state index is 0. The van der Waals surface area contributed by atoms with Gasteiger partial charge in [0, 0.05) is 61.7 Å². The van der Waals surface area contributed by atoms with Gasteiger partial charge in [-0.3, -0.25) is 0 Å². The average Bonchev–Trinajstić information content (AvgIpc) is 3.77. The molecule has 0 spiro atoms. The predicted octanol–water partition coefficient (Wildman–Crippen LogP) is 9.89. The monoisotopic (exact) mass is 770 g/mol. The van der Waals surface area contributed by atoms with Gasteiger partial charge in [0.2, 0.25) is 0 Å². The second kappa shape index (κ2) is 11.7. The number of hydrogen-bond donors (Lipinski definition) is 0. The van der Waals surface area contributed by atoms with Gasteiger partial charge >= 0.3 is 0 Å². The van der Waals surface area contributed by atoms with Crippen LogP contribution in [0.3, 0.4) is 0 Å². The fourth-order valence-corrected chi connectivity index (χ4v) is 6.73. The Bertz CT molecular complexity index is 2000. The largest absolute Gasteiger partial charge is 0.509 e. The number of benzene rings is 4. The molecular weight excluding hydrogens is 736 g/mol. The number of ether oxygens (including phenoxy) is 1. The quantitative estimate of drug-likeness (QED) is 0.164. The first kappa shape index (κ1) is 29.6. The van der Waals surface area contributed by atoms with E-state index < -0.39 is 0 Å². The van der Waals surface area contributed by atoms with E-state index in [1.807, 2.05) is 24.4 Å². The van der Waals surface area contributed by atoms with Crippen LogP contribution in [0.4, 0.5) is 17.1 Å². The van der Waals surface area contributed by atoms with Crippen molar-refractivity contribution >= 4 is 38.9 Å². The molecule has 2 aromatic heterocycles. The second-order valence-electron chi connectivity index (χ2n) is 12.9. The molecule has 0 N–H and O–H groups in total. The van der Waals surface area contributed by atoms with Crippen molar-refractivity contribution in [2.45, 2.75) is 57.9 Å². The Hall–Kier alpha value is -4.08. The molecule has 230 valence electrons. The number of aromatic nitrogens is 2. The molecule has 0 amide bonds. The van der Waals surface area contributed by atoms with Gasteiger partial charge in [-0.15, -0.1) is 41.4 Å². The summed E-state index contributed by atoms with van der Waals surface area (Å²) in [6.07, 6.45) is 6.96. The van der Waals surface area contributed by atoms with Gasteiger partial charge in [-0.1, -0.05) is 69.5 Å². The van der Waals surface area contributed by atoms with Crippen LogP contribution in [0.1, 0.15) is 52.0 Å². The van der Waals surface area contributed by atoms with Crippen molar-refractivity contribution in [3.05, 3.63) is 122 Å². The van der Waals surface area contributed by atoms with Gasteiger partial charge in [-0.25, -0.2) is 4.98 Å². The first-order valence-electron chi connectivity index (χ1n) is 15.6. The molecule has 0 saturated heterocycles. The van der Waals surface area contributed by atoms with Gasteiger partial charge in [0.1, 0.15) is 5.82 Å². The number of pyridine rings is 1. The van der Waals surface area contributed by atoms with Gasteiger partial charge in [-0.05, 0) is 59.5 Å². The minimum absolute atomic E-state index is 0. The van der Waals surface area contributed by atoms with Gasteiger partial charge in [0.25, 0.3) is 0 Å². The molecule has 8 rings (SSSR count). The Labute approximate surface area is 279 Å². The van der Waals surface area contributed by atoms with Crippen LogP contribution < -0.4 is 14.5 Å². The van der Waals surface area contributed by atoms with Crippen molar-refractivity contribution in [3.63, 3.8) is 0 Å². The molecule has 1 fully saturated rings. The van der Waals surface area contributed by atoms with E-state index in [2.05, 4.69) is 127 Å². The molecule has 0 bridgehead atoms. The Balaban J connectivity index is 0.00000325. The molecule has 1 aliphatic carbocycles. The number of fused-ring (bicyclic) bond motifs is 4. The number of rotatable bonds is 5. The maximum atomic E-state index is 6.47. The van der Waals surface area contributed by atoms with Crippen molar-refractivity contribution in [3.8, 4) is 17.3 Å². The summed E-state index contributed by atoms with van der Waals surface area (Å²) in [7, 11) is 0. The normalized spacial score (nSPS) is 15.1. The topological polar surface area (TPSA) is 33.5 Å². The fraction of sp³-hybridized carbons (Fsp3) is 0.231. The van der Waals surface area contributed by atoms with Crippen LogP contribution in [0.15, 0.2) is 97.2 Å². The van der Waals surface area contributed by atoms with Crippen LogP contribution in [0.2, 0.25) is 0 Å². The van der Waals surface area contributed by atoms with Gasteiger partial charge < -0.3 is 19.1 Å². The van der Waals surface area contributed by atoms with E-state index in [0.717, 1.165) is 33.3 Å². The third-order valence-corrected chi connectivity index (χ3v) is 9.01. The number of hydrogen-bond acceptors (Lipinski definition) is 4. The average molecular weight is 771 g/mol. The molecule has 4 aromatic carbocycles. The Morgan fingerprint density at radius 3 is 2.38 bits per heavy atom. The van der Waals surface area contributed by atoms with E-state index in [1.165, 1.54) is 42.6 Å². The number of nitrogens with zero attached hydrogens (tertiary/aromatic N) is 4. The zero-order valence-corrected chi connectivity index (χ0v) is 28.0. The summed E-state index contributed by atoms with van der Waals surface area (Å²) in [5.74, 6) is 2.17. The van der Waals surface area contributed by atoms with E-state index in [0.29, 0.717) is 17.5 Å². The molecule has 6 aromatic rings. The molecule has 0 unspecified atom stereocenters. The van der Waals surface area contributed by atoms with Crippen molar-refractivity contribution in [2.24, 2.45) is 0 Å². The Morgan fingerprint density at radius 1 is 0.800 bits per heavy atom. The van der Waals surface area contributed by atoms with Crippen LogP contribution in [0.5, 0.6) is 11.5 Å². The van der Waals surface area contributed by atoms with E-state index in [-0.39, 0.29) is 26.5 Å². The predicted molar refractivity (Wildman–Crippen MR) is 179 cm³/mol. The number of anilines is 3. The molecule has 1 aliphatic heterocycles. The number of para-hydroxylation sites is 3. The van der Waals surface area contributed by atoms with Gasteiger partial charge in [0.05, 0.1) is 0 Å². The molecule has 2 aliphatic rings. The third-order valence-electron chi connectivity index (χ3n) is 9.01. The van der Waals surface area contributed by atoms with Crippen LogP contribution >= 0.6 is 0 Å². The summed E-state index contributed by atoms with van der Waals surface area (Å²) in [5.41, 5.74) is 6.67. The van der Waals surface area contributed by atoms with E-state index in [9.17, 15) is 0 Å². The maximum absolute atomic E-state index is 6.47. The van der Waals surface area contributed by atoms with Crippen molar-refractivity contribution in [2.75, 3.05) is 9.80 Å². The molecule has 45 heavy (non-hydrogen) atoms. The van der Waals surface area contributed by atoms with Crippen LogP contribution in [-0.4, -0.2) is 15.6 Å². The van der Waals surface area contributed by atoms with Crippen LogP contribution in [0, 0.1) is 18.8 Å². The molecule has 6 heteroatoms. The van der Waals surface area contributed by atoms with E-state index in [4.69, 9.17) is 9.72 Å². The summed E-state index contributed by atoms with van der Waals surface area (Å²) >= 11 is 0. The van der Waals surface area contributed by atoms with E-state index in [1.54, 1.807) is 0 Å². The van der Waals surface area contributed by atoms with Crippen molar-refractivity contribution in [1.29, 1.82) is 0 Å². The van der Waals surface area contributed by atoms with Gasteiger partial charge in [-0.2, -0.15) is 18.8 Å². The van der Waals surface area contributed by atoms with Crippen LogP contribution in [0.25, 0.3) is 27.6 Å². The Morgan fingerprint density at radius 2 is 1.56 bits per heavy atom. The molecule has 5 nitrogen and oxygen atoms in total. The van der Waals surface area contributed by atoms with Gasteiger partial charge in [0.15, 0.2) is 0 Å². The zero-order valence-electron chi connectivity index (χ0n) is 25.7. The van der Waals surface area contributed by atoms with Crippen molar-refractivity contribution in [1.82, 2.24) is 9.55 Å². The zero-order chi connectivity index (χ0) is 29.8. The van der Waals surface area contributed by atoms with Crippen LogP contribution in [-0.2, 0) is 26.5 Å². The molecular formula is C39H35N4OPt-3. The molecule has 0 radical (unpaired) electrons. The first-order valence-corrected chi connectivity index (χ1v) is 15.6. The Kier molecular flexibility index (Phi) is 7.69. The summed E-state index contributed by atoms with van der Waals surface area (Å²) in [5, 5.41) is 2.28. The third kappa shape index (κ3) is 5.31. The van der Waals surface area contributed by atoms with E-state index >= 15 is 0 Å². The summed E-state index contributed by atoms with van der Waals surface area (Å²) in [6, 6.07) is 39.3. The molecule has 0 atom stereocenters. The first-order chi connectivity index (χ1) is 21.4. The SMILES string of the molecule is CC(C)(C)c1ccnc(-n2c3[c-]c(Oc4[c-]c(N5[CH-]N(C6CCCC6)c6ccccc65)ccc4)ccc3c3ccccc32)c1.[Pt]. The second-order valence-corrected chi connectivity index (χ2v) is 12.9. The summed E-state index contributed by atoms with van der Waals surface area (Å²) in [6.45, 7) is 8.92.